The van der Waals surface area contributed by atoms with E-state index in [1.807, 2.05) is 189 Å². The largest absolute Gasteiger partial charge is 1.00 e. The molecule has 0 unspecified atom stereocenters. The topological polar surface area (TPSA) is 241 Å². The Bertz CT molecular complexity index is 5830. The summed E-state index contributed by atoms with van der Waals surface area (Å²) in [6, 6.07) is 112. The third-order valence-electron chi connectivity index (χ3n) is 17.5. The molecule has 0 atom stereocenters. The number of para-hydroxylation sites is 2. The Kier molecular flexibility index (Phi) is 40.3. The molecule has 0 aliphatic heterocycles. The number of nitrogens with two attached hydrogens (primary N) is 1. The Morgan fingerprint density at radius 2 is 0.686 bits per heavy atom. The van der Waals surface area contributed by atoms with Crippen LogP contribution in [-0.2, 0) is 0 Å². The molecule has 17 aromatic rings. The van der Waals surface area contributed by atoms with Crippen LogP contribution in [0.25, 0.3) is 129 Å². The van der Waals surface area contributed by atoms with Gasteiger partial charge in [0.2, 0.25) is 0 Å². The molecule has 6 aromatic heterocycles. The van der Waals surface area contributed by atoms with E-state index in [4.69, 9.17) is 47.7 Å². The summed E-state index contributed by atoms with van der Waals surface area (Å²) in [5.41, 5.74) is 27.7. The fourth-order valence-corrected chi connectivity index (χ4v) is 12.5. The number of ketones is 1. The number of halogens is 3. The summed E-state index contributed by atoms with van der Waals surface area (Å²) >= 11 is 11.9. The molecule has 17 rings (SSSR count). The van der Waals surface area contributed by atoms with Crippen LogP contribution in [0.5, 0.6) is 0 Å². The van der Waals surface area contributed by atoms with Crippen molar-refractivity contribution in [2.24, 2.45) is 10.2 Å². The minimum absolute atomic E-state index is 0. The molecule has 0 aliphatic carbocycles. The Morgan fingerprint density at radius 3 is 1.02 bits per heavy atom. The van der Waals surface area contributed by atoms with Gasteiger partial charge in [0, 0.05) is 131 Å². The van der Waals surface area contributed by atoms with Gasteiger partial charge < -0.3 is 26.0 Å². The summed E-state index contributed by atoms with van der Waals surface area (Å²) in [5.74, 6) is 1.88. The number of aromatic nitrogens is 8. The van der Waals surface area contributed by atoms with Gasteiger partial charge in [-0.3, -0.25) is 24.5 Å². The summed E-state index contributed by atoms with van der Waals surface area (Å²) in [7, 11) is 0.750. The zero-order valence-electron chi connectivity index (χ0n) is 64.4. The number of amidine groups is 1. The van der Waals surface area contributed by atoms with Crippen LogP contribution in [0, 0.1) is 0 Å². The quantitative estimate of drug-likeness (QED) is 0.0359. The average Bonchev–Trinajstić information content (AvgIpc) is 1.59. The summed E-state index contributed by atoms with van der Waals surface area (Å²) in [5, 5.41) is 18.3. The monoisotopic (exact) mass is 1720 g/mol. The molecule has 20 heteroatoms. The van der Waals surface area contributed by atoms with Crippen molar-refractivity contribution in [3.05, 3.63) is 396 Å². The van der Waals surface area contributed by atoms with Crippen LogP contribution in [-0.4, -0.2) is 81.7 Å². The molecule has 580 valence electrons. The second kappa shape index (κ2) is 49.7. The normalized spacial score (nSPS) is 10.1. The van der Waals surface area contributed by atoms with E-state index >= 15 is 0 Å². The van der Waals surface area contributed by atoms with Gasteiger partial charge in [0.15, 0.2) is 17.4 Å². The molecule has 6 heterocycles. The van der Waals surface area contributed by atoms with Crippen LogP contribution >= 0.6 is 43.6 Å². The van der Waals surface area contributed by atoms with Gasteiger partial charge in [0.05, 0.1) is 33.8 Å². The van der Waals surface area contributed by atoms with E-state index in [1.165, 1.54) is 21.8 Å². The molecule has 0 amide bonds. The molecular weight excluding hydrogens is 1640 g/mol. The number of nitrogens with zero attached hydrogens (tertiary/aromatic N) is 9. The summed E-state index contributed by atoms with van der Waals surface area (Å²) in [6.45, 7) is 3.49. The van der Waals surface area contributed by atoms with E-state index in [-0.39, 0.29) is 91.8 Å². The van der Waals surface area contributed by atoms with Crippen molar-refractivity contribution in [2.45, 2.75) is 28.7 Å². The Morgan fingerprint density at radius 1 is 0.407 bits per heavy atom. The number of aliphatic hydroxyl groups is 1. The zero-order chi connectivity index (χ0) is 79.1. The van der Waals surface area contributed by atoms with Crippen LogP contribution in [0.2, 0.25) is 0 Å². The first-order chi connectivity index (χ1) is 55.4. The van der Waals surface area contributed by atoms with Crippen molar-refractivity contribution in [3.8, 4) is 107 Å². The van der Waals surface area contributed by atoms with Gasteiger partial charge in [-0.25, -0.2) is 19.9 Å². The standard InChI is InChI=1S/C39H26N4.C27H18BrN3.C12H9NO.C8H7BrO.C7H7ClN2.C2H6O.CH3O.2CH4.2Na.H2O/c1-2-8-31(9-3-1)39-41-35(29-16-14-27(15-17-29)28-22-24-40-25-23-28)26-36(42-39)30-18-20-32(21-19-30)43-37-12-6-4-10-33(37)34-11-5-7-13-38(34)43;28-24-12-10-22(11-13-24)26-18-25(30-27(31-26)23-4-2-1-3-5-23)21-8-6-19(7-9-21)20-14-16-29-17-15-20;14-9-10-1-3-11(4-2-10)12-5-7-13-8-6-12;1-6(10)7-2-4-8(9)5-3-7;8-10-7(9)6-4-2-1-3-5-6;1-2-3;1-2;;;;;/h1-26H;1-18H;1-9H;2-5H,1H3;1-5H,(H2,9,10);3H,2H2,1H3;1H3;2*1H4;;;1H2/q;;;;;;-1;;;2*+1;/p-1. The van der Waals surface area contributed by atoms with Gasteiger partial charge in [-0.2, -0.15) is 11.6 Å². The van der Waals surface area contributed by atoms with E-state index in [2.05, 4.69) is 214 Å². The molecule has 0 bridgehead atoms. The molecule has 11 aromatic carbocycles. The predicted octanol–water partition coefficient (Wildman–Crippen LogP) is 17.8. The number of pyridine rings is 3. The number of hydrogen-bond donors (Lipinski definition) is 2. The van der Waals surface area contributed by atoms with Gasteiger partial charge in [0.25, 0.3) is 0 Å². The van der Waals surface area contributed by atoms with Gasteiger partial charge in [-0.15, -0.1) is 0 Å². The Labute approximate surface area is 755 Å². The maximum Gasteiger partial charge on any atom is 1.00 e. The van der Waals surface area contributed by atoms with Crippen LogP contribution in [0.3, 0.4) is 0 Å². The minimum atomic E-state index is 0. The molecular formula is C98H85Br2ClN10Na2O5. The summed E-state index contributed by atoms with van der Waals surface area (Å²) in [4.78, 5) is 53.2. The number of rotatable bonds is 13. The van der Waals surface area contributed by atoms with Crippen molar-refractivity contribution in [3.63, 3.8) is 0 Å². The smallest absolute Gasteiger partial charge is 0.870 e. The molecule has 0 spiro atoms. The number of Topliss-reactive ketones (excluding diaryl/α,β-unsaturated/α-hetero) is 1. The van der Waals surface area contributed by atoms with Crippen molar-refractivity contribution in [1.82, 2.24) is 39.5 Å². The molecule has 0 saturated carbocycles. The number of aldehydes is 1. The van der Waals surface area contributed by atoms with E-state index in [9.17, 15) is 9.59 Å². The van der Waals surface area contributed by atoms with E-state index in [1.54, 1.807) is 38.4 Å². The van der Waals surface area contributed by atoms with Crippen molar-refractivity contribution in [1.29, 1.82) is 0 Å². The molecule has 0 aliphatic rings. The maximum atomic E-state index is 10.7. The van der Waals surface area contributed by atoms with E-state index in [0.29, 0.717) is 23.0 Å². The first-order valence-electron chi connectivity index (χ1n) is 35.9. The first-order valence-corrected chi connectivity index (χ1v) is 37.9. The Balaban J connectivity index is 0.000000250. The number of carbonyl (C=O) groups excluding carboxylic acids is 2. The molecule has 0 saturated heterocycles. The maximum absolute atomic E-state index is 10.7. The van der Waals surface area contributed by atoms with Crippen LogP contribution in [0.15, 0.2) is 384 Å². The molecule has 0 radical (unpaired) electrons. The predicted molar refractivity (Wildman–Crippen MR) is 481 cm³/mol. The molecule has 15 nitrogen and oxygen atoms in total. The van der Waals surface area contributed by atoms with Crippen molar-refractivity contribution < 1.29 is 84.4 Å². The Hall–Kier alpha value is -11.2. The number of aliphatic hydroxyl groups excluding tert-OH is 1. The van der Waals surface area contributed by atoms with Crippen LogP contribution < -0.4 is 70.0 Å². The first kappa shape index (κ1) is 95.6. The number of carbonyl (C=O) groups is 2. The fraction of sp³-hybridized carbons (Fsp3) is 0.0612. The second-order valence-electron chi connectivity index (χ2n) is 24.9. The molecule has 0 fully saturated rings. The van der Waals surface area contributed by atoms with Crippen molar-refractivity contribution in [2.75, 3.05) is 13.7 Å². The van der Waals surface area contributed by atoms with Crippen LogP contribution in [0.4, 0.5) is 0 Å². The average molecular weight is 1720 g/mol. The number of fused-ring (bicyclic) bond motifs is 3. The fourth-order valence-electron chi connectivity index (χ4n) is 11.9. The third-order valence-corrected chi connectivity index (χ3v) is 18.8. The third kappa shape index (κ3) is 26.4. The summed E-state index contributed by atoms with van der Waals surface area (Å²) < 4.78 is 7.70. The van der Waals surface area contributed by atoms with Gasteiger partial charge in [-0.05, 0) is 144 Å². The molecule has 118 heavy (non-hydrogen) atoms. The minimum Gasteiger partial charge on any atom is -0.870 e. The SMILES string of the molecule is Brc1ccc(-c2cc(-c3ccc(-c4ccncc4)cc3)nc(-c3ccccc3)n2)cc1.C.C.CC(=O)c1ccc(Br)cc1.CCO.C[O-].NC(=NCl)c1ccccc1.O=Cc1ccc(-c2ccncc2)cc1.[Na+].[Na+].[OH-].c1ccc(-c2nc(-c3ccc(-c4ccncc4)cc3)cc(-c3ccc(-n4c5ccccc5c5ccccc54)cc3)n2)cc1. The van der Waals surface area contributed by atoms with Crippen LogP contribution in [0.1, 0.15) is 55.0 Å². The zero-order valence-corrected chi connectivity index (χ0v) is 72.3. The van der Waals surface area contributed by atoms with Gasteiger partial charge in [0.1, 0.15) is 12.1 Å². The van der Waals surface area contributed by atoms with Gasteiger partial charge in [-0.1, -0.05) is 283 Å². The van der Waals surface area contributed by atoms with Crippen molar-refractivity contribution >= 4 is 83.3 Å². The van der Waals surface area contributed by atoms with E-state index in [0.717, 1.165) is 129 Å². The van der Waals surface area contributed by atoms with E-state index < -0.39 is 0 Å². The second-order valence-corrected chi connectivity index (χ2v) is 26.9. The molecule has 4 N–H and O–H groups in total. The number of benzene rings is 11. The number of hydrogen-bond acceptors (Lipinski definition) is 13. The van der Waals surface area contributed by atoms with Gasteiger partial charge >= 0.3 is 59.1 Å². The summed E-state index contributed by atoms with van der Waals surface area (Å²) in [6.07, 6.45) is 11.6.